The highest BCUT2D eigenvalue weighted by Gasteiger charge is 2.49. The van der Waals surface area contributed by atoms with Gasteiger partial charge >= 0.3 is 12.1 Å². The van der Waals surface area contributed by atoms with E-state index < -0.39 is 104 Å². The second-order valence-corrected chi connectivity index (χ2v) is 14.3. The molecule has 0 aliphatic carbocycles. The SMILES string of the molecule is C.O=C1O[C@@H]2C[C@@H](CO)OC(OCc3ccccc3)[C@@H]2O1.O=C1O[C@H](CO)C[C@@H](O)[C@H]1O.OC[C@@H]1C[C@@H](O)[C@@H](O)C(O)O1.OC[C@@H]1C[C@@H](O)[C@@H](O)C(OCc2ccccc2)O1.[2H]CI. The van der Waals surface area contributed by atoms with E-state index in [4.69, 9.17) is 75.4 Å². The molecule has 15 atom stereocenters. The van der Waals surface area contributed by atoms with Gasteiger partial charge in [-0.2, -0.15) is 0 Å². The molecule has 2 aromatic rings. The lowest BCUT2D eigenvalue weighted by Crippen LogP contribution is -2.50. The smallest absolute Gasteiger partial charge is 0.458 e. The molecule has 11 N–H and O–H groups in total. The standard InChI is InChI=1S/C14H16O6.C13H18O5.C6H12O5.C6H10O5.CH3I.CH4/c15-7-10-6-11-12(20-14(16)19-11)13(18-10)17-8-9-4-2-1-3-5-9;14-7-10-6-11(15)12(16)13(18-10)17-8-9-4-2-1-3-5-9;2*7-2-3-1-4(8)5(9)6(10)11-3;1-2;/h1-5,10-13,15H,6-8H2;1-5,10-16H,6-8H2;3-10H,1-2H2;3-5,7-9H,1-2H2;1H3;1H4/t2*10-,11+,12+,13?;3-,4+,5+,6?;3-,4+,5+;;/m0000../s1/i;;;;1D;. The normalized spacial score (nSPS) is 34.5. The molecule has 5 saturated heterocycles. The molecule has 2 aromatic carbocycles. The van der Waals surface area contributed by atoms with Crippen molar-refractivity contribution >= 4 is 34.7 Å². The number of carbonyl (C=O) groups excluding carboxylic acids is 2. The maximum atomic E-state index is 11.2. The van der Waals surface area contributed by atoms with Crippen molar-refractivity contribution in [1.82, 2.24) is 0 Å². The van der Waals surface area contributed by atoms with E-state index in [9.17, 15) is 24.9 Å². The number of halogens is 1. The van der Waals surface area contributed by atoms with E-state index in [1.165, 1.54) is 0 Å². The van der Waals surface area contributed by atoms with Crippen LogP contribution >= 0.6 is 22.6 Å². The first-order valence-electron chi connectivity index (χ1n) is 20.3. The molecule has 0 bridgehead atoms. The molecule has 63 heavy (non-hydrogen) atoms. The molecule has 5 heterocycles. The number of benzene rings is 2. The van der Waals surface area contributed by atoms with Crippen molar-refractivity contribution in [3.05, 3.63) is 71.8 Å². The Labute approximate surface area is 380 Å². The van der Waals surface area contributed by atoms with Crippen LogP contribution in [0.15, 0.2) is 60.7 Å². The Bertz CT molecular complexity index is 1540. The number of aliphatic hydroxyl groups excluding tert-OH is 11. The molecule has 5 aliphatic rings. The topological polar surface area (TPSA) is 331 Å². The summed E-state index contributed by atoms with van der Waals surface area (Å²) in [7, 11) is 0. The summed E-state index contributed by atoms with van der Waals surface area (Å²) >= 11 is 1.96. The third-order valence-corrected chi connectivity index (χ3v) is 9.68. The van der Waals surface area contributed by atoms with Crippen LogP contribution in [0.1, 0.15) is 45.6 Å². The summed E-state index contributed by atoms with van der Waals surface area (Å²) in [6.45, 7) is -0.310. The number of rotatable bonds is 10. The Morgan fingerprint density at radius 1 is 0.603 bits per heavy atom. The molecule has 5 fully saturated rings. The van der Waals surface area contributed by atoms with E-state index >= 15 is 0 Å². The highest BCUT2D eigenvalue weighted by atomic mass is 127. The van der Waals surface area contributed by atoms with Crippen LogP contribution in [-0.4, -0.2) is 192 Å². The Hall–Kier alpha value is -2.73. The van der Waals surface area contributed by atoms with Crippen LogP contribution in [-0.2, 0) is 55.9 Å². The Morgan fingerprint density at radius 2 is 1.05 bits per heavy atom. The van der Waals surface area contributed by atoms with Gasteiger partial charge in [0.2, 0.25) is 0 Å². The first-order valence-corrected chi connectivity index (χ1v) is 21.1. The molecular formula is C41H63IO21. The van der Waals surface area contributed by atoms with Crippen LogP contribution in [0.25, 0.3) is 0 Å². The average Bonchev–Trinajstić information content (AvgIpc) is 3.68. The molecule has 0 aromatic heterocycles. The summed E-state index contributed by atoms with van der Waals surface area (Å²) in [5, 5.41) is 99.5. The molecule has 0 amide bonds. The van der Waals surface area contributed by atoms with Gasteiger partial charge in [0, 0.05) is 27.1 Å². The molecule has 5 aliphatic heterocycles. The molecule has 0 spiro atoms. The van der Waals surface area contributed by atoms with Gasteiger partial charge in [-0.25, -0.2) is 9.59 Å². The van der Waals surface area contributed by atoms with E-state index in [2.05, 4.69) is 4.74 Å². The fourth-order valence-corrected chi connectivity index (χ4v) is 6.33. The zero-order chi connectivity index (χ0) is 46.5. The minimum Gasteiger partial charge on any atom is -0.458 e. The molecule has 0 saturated carbocycles. The van der Waals surface area contributed by atoms with Gasteiger partial charge in [0.05, 0.1) is 76.3 Å². The summed E-state index contributed by atoms with van der Waals surface area (Å²) in [5.74, 6) is -0.872. The highest BCUT2D eigenvalue weighted by molar-refractivity contribution is 14.1. The van der Waals surface area contributed by atoms with Gasteiger partial charge < -0.3 is 94.1 Å². The third-order valence-electron chi connectivity index (χ3n) is 9.68. The molecule has 360 valence electrons. The summed E-state index contributed by atoms with van der Waals surface area (Å²) < 4.78 is 47.6. The third kappa shape index (κ3) is 18.2. The number of carbonyl (C=O) groups is 2. The molecule has 3 unspecified atom stereocenters. The summed E-state index contributed by atoms with van der Waals surface area (Å²) in [5.41, 5.74) is 1.94. The quantitative estimate of drug-likeness (QED) is 0.0753. The predicted molar refractivity (Wildman–Crippen MR) is 225 cm³/mol. The van der Waals surface area contributed by atoms with Gasteiger partial charge in [-0.3, -0.25) is 0 Å². The number of cyclic esters (lactones) is 1. The number of esters is 1. The minimum absolute atomic E-state index is 0. The van der Waals surface area contributed by atoms with Crippen LogP contribution in [0.4, 0.5) is 4.79 Å². The van der Waals surface area contributed by atoms with Crippen LogP contribution < -0.4 is 0 Å². The van der Waals surface area contributed by atoms with Crippen LogP contribution in [0.5, 0.6) is 0 Å². The fraction of sp³-hybridized carbons (Fsp3) is 0.659. The number of hydrogen-bond acceptors (Lipinski definition) is 21. The lowest BCUT2D eigenvalue weighted by atomic mass is 10.0. The number of fused-ring (bicyclic) bond motifs is 1. The van der Waals surface area contributed by atoms with Crippen molar-refractivity contribution in [2.75, 3.05) is 31.3 Å². The van der Waals surface area contributed by atoms with Crippen molar-refractivity contribution < 1.29 is 105 Å². The Morgan fingerprint density at radius 3 is 1.54 bits per heavy atom. The zero-order valence-electron chi connectivity index (χ0n) is 34.6. The van der Waals surface area contributed by atoms with E-state index in [0.29, 0.717) is 17.9 Å². The van der Waals surface area contributed by atoms with Gasteiger partial charge in [0.25, 0.3) is 0 Å². The fourth-order valence-electron chi connectivity index (χ4n) is 6.33. The summed E-state index contributed by atoms with van der Waals surface area (Å²) in [6, 6.07) is 19.1. The monoisotopic (exact) mass is 1020 g/mol. The number of aliphatic hydroxyl groups is 11. The minimum atomic E-state index is -1.46. The van der Waals surface area contributed by atoms with E-state index in [-0.39, 0.29) is 59.7 Å². The summed E-state index contributed by atoms with van der Waals surface area (Å²) in [4.78, 5) is 22.3. The zero-order valence-corrected chi connectivity index (χ0v) is 35.7. The van der Waals surface area contributed by atoms with E-state index in [0.717, 1.165) is 11.1 Å². The highest BCUT2D eigenvalue weighted by Crippen LogP contribution is 2.31. The first-order chi connectivity index (χ1) is 30.2. The first kappa shape index (κ1) is 54.6. The number of ether oxygens (including phenoxy) is 8. The summed E-state index contributed by atoms with van der Waals surface area (Å²) in [6.07, 6.45) is -12.9. The lowest BCUT2D eigenvalue weighted by Gasteiger charge is -2.36. The second kappa shape index (κ2) is 29.7. The molecular weight excluding hydrogens is 955 g/mol. The van der Waals surface area contributed by atoms with Crippen molar-refractivity contribution in [2.45, 2.75) is 138 Å². The largest absolute Gasteiger partial charge is 0.509 e. The maximum absolute atomic E-state index is 11.2. The van der Waals surface area contributed by atoms with Crippen molar-refractivity contribution in [3.63, 3.8) is 0 Å². The van der Waals surface area contributed by atoms with Crippen LogP contribution in [0, 0.1) is 0 Å². The molecule has 21 nitrogen and oxygen atoms in total. The van der Waals surface area contributed by atoms with Gasteiger partial charge in [-0.05, 0) is 16.0 Å². The average molecular weight is 1020 g/mol. The molecule has 7 rings (SSSR count). The maximum Gasteiger partial charge on any atom is 0.509 e. The van der Waals surface area contributed by atoms with Gasteiger partial charge in [0.1, 0.15) is 18.3 Å². The van der Waals surface area contributed by atoms with Gasteiger partial charge in [0.15, 0.2) is 37.2 Å². The van der Waals surface area contributed by atoms with Gasteiger partial charge in [-0.1, -0.05) is 90.7 Å². The predicted octanol–water partition coefficient (Wildman–Crippen LogP) is -1.24. The molecule has 22 heteroatoms. The van der Waals surface area contributed by atoms with Crippen LogP contribution in [0.2, 0.25) is 0 Å². The van der Waals surface area contributed by atoms with Crippen LogP contribution in [0.3, 0.4) is 0 Å². The van der Waals surface area contributed by atoms with E-state index in [1.54, 1.807) is 0 Å². The van der Waals surface area contributed by atoms with Gasteiger partial charge in [-0.15, -0.1) is 0 Å². The Balaban J connectivity index is 0.000000295. The lowest BCUT2D eigenvalue weighted by molar-refractivity contribution is -0.274. The number of alkyl halides is 1. The number of hydrogen-bond donors (Lipinski definition) is 11. The van der Waals surface area contributed by atoms with Crippen molar-refractivity contribution in [2.24, 2.45) is 0 Å². The Kier molecular flexibility index (Phi) is 25.8. The second-order valence-electron chi connectivity index (χ2n) is 14.3. The van der Waals surface area contributed by atoms with E-state index in [1.807, 2.05) is 83.3 Å². The van der Waals surface area contributed by atoms with Crippen molar-refractivity contribution in [3.8, 4) is 0 Å². The molecule has 0 radical (unpaired) electrons. The van der Waals surface area contributed by atoms with Crippen molar-refractivity contribution in [1.29, 1.82) is 0 Å².